The summed E-state index contributed by atoms with van der Waals surface area (Å²) in [6.45, 7) is 1.63. The fourth-order valence-electron chi connectivity index (χ4n) is 2.31. The van der Waals surface area contributed by atoms with Crippen LogP contribution in [0.15, 0.2) is 24.3 Å². The molecule has 0 aliphatic heterocycles. The van der Waals surface area contributed by atoms with E-state index in [1.807, 2.05) is 0 Å². The minimum atomic E-state index is 0.327. The highest BCUT2D eigenvalue weighted by Gasteiger charge is 2.44. The average molecular weight is 219 g/mol. The molecule has 0 radical (unpaired) electrons. The van der Waals surface area contributed by atoms with Gasteiger partial charge in [-0.1, -0.05) is 24.3 Å². The van der Waals surface area contributed by atoms with E-state index in [4.69, 9.17) is 10.5 Å². The maximum atomic E-state index is 5.54. The molecule has 0 unspecified atom stereocenters. The quantitative estimate of drug-likeness (QED) is 0.796. The first-order valence-corrected chi connectivity index (χ1v) is 6.09. The molecule has 0 bridgehead atoms. The molecule has 1 aliphatic carbocycles. The number of aryl methyl sites for hydroxylation is 1. The fraction of sp³-hybridized carbons (Fsp3) is 0.571. The lowest BCUT2D eigenvalue weighted by molar-refractivity contribution is 0.171. The summed E-state index contributed by atoms with van der Waals surface area (Å²) >= 11 is 0. The first kappa shape index (κ1) is 11.6. The number of ether oxygens (including phenoxy) is 1. The number of benzene rings is 1. The van der Waals surface area contributed by atoms with Crippen LogP contribution in [0.3, 0.4) is 0 Å². The number of hydrogen-bond donors (Lipinski definition) is 1. The largest absolute Gasteiger partial charge is 0.384 e. The van der Waals surface area contributed by atoms with Crippen molar-refractivity contribution in [3.63, 3.8) is 0 Å². The van der Waals surface area contributed by atoms with Crippen LogP contribution in [0.5, 0.6) is 0 Å². The summed E-state index contributed by atoms with van der Waals surface area (Å²) < 4.78 is 5.32. The Morgan fingerprint density at radius 1 is 1.38 bits per heavy atom. The molecule has 1 saturated carbocycles. The Morgan fingerprint density at radius 2 is 2.19 bits per heavy atom. The zero-order valence-electron chi connectivity index (χ0n) is 10.0. The molecule has 2 heteroatoms. The SMILES string of the molecule is COCC1(c2cccc(CCCN)c2)CC1. The van der Waals surface area contributed by atoms with Crippen LogP contribution in [0.2, 0.25) is 0 Å². The molecule has 2 rings (SSSR count). The molecule has 0 heterocycles. The predicted molar refractivity (Wildman–Crippen MR) is 66.6 cm³/mol. The van der Waals surface area contributed by atoms with E-state index in [2.05, 4.69) is 24.3 Å². The molecular formula is C14H21NO. The van der Waals surface area contributed by atoms with E-state index < -0.39 is 0 Å². The predicted octanol–water partition coefficient (Wildman–Crippen LogP) is 2.26. The van der Waals surface area contributed by atoms with Gasteiger partial charge in [-0.3, -0.25) is 0 Å². The van der Waals surface area contributed by atoms with Crippen molar-refractivity contribution in [2.24, 2.45) is 5.73 Å². The van der Waals surface area contributed by atoms with Crippen LogP contribution in [0, 0.1) is 0 Å². The molecule has 2 N–H and O–H groups in total. The van der Waals surface area contributed by atoms with Crippen LogP contribution >= 0.6 is 0 Å². The Morgan fingerprint density at radius 3 is 2.81 bits per heavy atom. The normalized spacial score (nSPS) is 17.4. The van der Waals surface area contributed by atoms with Crippen molar-refractivity contribution in [1.82, 2.24) is 0 Å². The van der Waals surface area contributed by atoms with Crippen LogP contribution in [-0.2, 0) is 16.6 Å². The summed E-state index contributed by atoms with van der Waals surface area (Å²) in [6, 6.07) is 8.93. The minimum absolute atomic E-state index is 0.327. The Labute approximate surface area is 97.8 Å². The summed E-state index contributed by atoms with van der Waals surface area (Å²) in [5.74, 6) is 0. The van der Waals surface area contributed by atoms with Crippen LogP contribution in [-0.4, -0.2) is 20.3 Å². The van der Waals surface area contributed by atoms with Gasteiger partial charge in [0, 0.05) is 12.5 Å². The van der Waals surface area contributed by atoms with Gasteiger partial charge < -0.3 is 10.5 Å². The monoisotopic (exact) mass is 219 g/mol. The van der Waals surface area contributed by atoms with Gasteiger partial charge in [0.15, 0.2) is 0 Å². The molecule has 0 spiro atoms. The minimum Gasteiger partial charge on any atom is -0.384 e. The van der Waals surface area contributed by atoms with E-state index in [1.54, 1.807) is 7.11 Å². The molecule has 1 aromatic rings. The molecule has 0 atom stereocenters. The zero-order valence-corrected chi connectivity index (χ0v) is 10.0. The van der Waals surface area contributed by atoms with Gasteiger partial charge in [-0.05, 0) is 43.4 Å². The number of methoxy groups -OCH3 is 1. The highest BCUT2D eigenvalue weighted by atomic mass is 16.5. The van der Waals surface area contributed by atoms with Gasteiger partial charge in [0.25, 0.3) is 0 Å². The van der Waals surface area contributed by atoms with Gasteiger partial charge in [-0.25, -0.2) is 0 Å². The Kier molecular flexibility index (Phi) is 3.62. The molecule has 88 valence electrons. The van der Waals surface area contributed by atoms with Crippen molar-refractivity contribution in [2.75, 3.05) is 20.3 Å². The van der Waals surface area contributed by atoms with Crippen LogP contribution in [0.25, 0.3) is 0 Å². The second-order valence-electron chi connectivity index (χ2n) is 4.81. The van der Waals surface area contributed by atoms with Crippen LogP contribution < -0.4 is 5.73 Å². The van der Waals surface area contributed by atoms with Crippen molar-refractivity contribution >= 4 is 0 Å². The summed E-state index contributed by atoms with van der Waals surface area (Å²) in [4.78, 5) is 0. The number of rotatable bonds is 6. The van der Waals surface area contributed by atoms with Crippen molar-refractivity contribution in [3.05, 3.63) is 35.4 Å². The van der Waals surface area contributed by atoms with Crippen LogP contribution in [0.4, 0.5) is 0 Å². The van der Waals surface area contributed by atoms with Gasteiger partial charge in [0.2, 0.25) is 0 Å². The molecule has 2 nitrogen and oxygen atoms in total. The summed E-state index contributed by atoms with van der Waals surface area (Å²) in [5, 5.41) is 0. The molecule has 1 aliphatic rings. The topological polar surface area (TPSA) is 35.2 Å². The standard InChI is InChI=1S/C14H21NO/c1-16-11-14(7-8-14)13-6-2-4-12(10-13)5-3-9-15/h2,4,6,10H,3,5,7-9,11,15H2,1H3. The van der Waals surface area contributed by atoms with E-state index >= 15 is 0 Å². The first-order chi connectivity index (χ1) is 7.80. The molecular weight excluding hydrogens is 198 g/mol. The summed E-state index contributed by atoms with van der Waals surface area (Å²) in [5.41, 5.74) is 8.72. The van der Waals surface area contributed by atoms with E-state index in [0.717, 1.165) is 26.0 Å². The number of hydrogen-bond acceptors (Lipinski definition) is 2. The second kappa shape index (κ2) is 4.98. The highest BCUT2D eigenvalue weighted by Crippen LogP contribution is 2.48. The molecule has 16 heavy (non-hydrogen) atoms. The van der Waals surface area contributed by atoms with E-state index in [0.29, 0.717) is 5.41 Å². The van der Waals surface area contributed by atoms with E-state index in [9.17, 15) is 0 Å². The lowest BCUT2D eigenvalue weighted by atomic mass is 9.94. The van der Waals surface area contributed by atoms with Crippen LogP contribution in [0.1, 0.15) is 30.4 Å². The average Bonchev–Trinajstić information content (AvgIpc) is 3.08. The van der Waals surface area contributed by atoms with Gasteiger partial charge in [-0.2, -0.15) is 0 Å². The van der Waals surface area contributed by atoms with Crippen molar-refractivity contribution in [2.45, 2.75) is 31.1 Å². The third kappa shape index (κ3) is 2.45. The van der Waals surface area contributed by atoms with Crippen molar-refractivity contribution < 1.29 is 4.74 Å². The van der Waals surface area contributed by atoms with E-state index in [1.165, 1.54) is 24.0 Å². The lowest BCUT2D eigenvalue weighted by Gasteiger charge is -2.15. The summed E-state index contributed by atoms with van der Waals surface area (Å²) in [6.07, 6.45) is 4.69. The Balaban J connectivity index is 2.10. The Hall–Kier alpha value is -0.860. The van der Waals surface area contributed by atoms with Gasteiger partial charge in [0.1, 0.15) is 0 Å². The van der Waals surface area contributed by atoms with Gasteiger partial charge in [0.05, 0.1) is 6.61 Å². The lowest BCUT2D eigenvalue weighted by Crippen LogP contribution is -2.14. The third-order valence-corrected chi connectivity index (χ3v) is 3.48. The number of nitrogens with two attached hydrogens (primary N) is 1. The molecule has 1 fully saturated rings. The zero-order chi connectivity index (χ0) is 11.4. The van der Waals surface area contributed by atoms with Gasteiger partial charge in [-0.15, -0.1) is 0 Å². The smallest absolute Gasteiger partial charge is 0.0559 e. The molecule has 0 amide bonds. The van der Waals surface area contributed by atoms with Crippen molar-refractivity contribution in [3.8, 4) is 0 Å². The highest BCUT2D eigenvalue weighted by molar-refractivity contribution is 5.35. The third-order valence-electron chi connectivity index (χ3n) is 3.48. The second-order valence-corrected chi connectivity index (χ2v) is 4.81. The molecule has 0 aromatic heterocycles. The Bertz CT molecular complexity index is 344. The maximum absolute atomic E-state index is 5.54. The van der Waals surface area contributed by atoms with Crippen molar-refractivity contribution in [1.29, 1.82) is 0 Å². The van der Waals surface area contributed by atoms with E-state index in [-0.39, 0.29) is 0 Å². The fourth-order valence-corrected chi connectivity index (χ4v) is 2.31. The molecule has 0 saturated heterocycles. The summed E-state index contributed by atoms with van der Waals surface area (Å²) in [7, 11) is 1.79. The molecule has 1 aromatic carbocycles. The first-order valence-electron chi connectivity index (χ1n) is 6.09. The van der Waals surface area contributed by atoms with Gasteiger partial charge >= 0.3 is 0 Å². The maximum Gasteiger partial charge on any atom is 0.0559 e.